The number of nitrogens with two attached hydrogens (primary N) is 1. The van der Waals surface area contributed by atoms with Crippen LogP contribution in [-0.4, -0.2) is 9.78 Å². The van der Waals surface area contributed by atoms with Gasteiger partial charge in [0.05, 0.1) is 11.9 Å². The Kier molecular flexibility index (Phi) is 1.92. The fraction of sp³-hybridized carbons (Fsp3) is 0. The number of nitrogen functional groups attached to an aromatic ring is 1. The second-order valence-electron chi connectivity index (χ2n) is 2.77. The van der Waals surface area contributed by atoms with Crippen molar-refractivity contribution in [1.29, 1.82) is 0 Å². The van der Waals surface area contributed by atoms with E-state index in [9.17, 15) is 8.78 Å². The Morgan fingerprint density at radius 1 is 1.14 bits per heavy atom. The third-order valence-corrected chi connectivity index (χ3v) is 1.82. The van der Waals surface area contributed by atoms with Crippen LogP contribution in [0.1, 0.15) is 0 Å². The fourth-order valence-corrected chi connectivity index (χ4v) is 1.15. The van der Waals surface area contributed by atoms with Gasteiger partial charge in [-0.3, -0.25) is 0 Å². The molecule has 0 bridgehead atoms. The van der Waals surface area contributed by atoms with Crippen molar-refractivity contribution in [2.75, 3.05) is 5.73 Å². The molecule has 0 fully saturated rings. The van der Waals surface area contributed by atoms with E-state index in [1.165, 1.54) is 16.9 Å². The lowest BCUT2D eigenvalue weighted by atomic mass is 10.3. The number of hydrogen-bond donors (Lipinski definition) is 1. The lowest BCUT2D eigenvalue weighted by molar-refractivity contribution is 0.507. The Balaban J connectivity index is 2.53. The van der Waals surface area contributed by atoms with Crippen LogP contribution in [0.15, 0.2) is 30.5 Å². The molecule has 0 aliphatic rings. The first-order valence-electron chi connectivity index (χ1n) is 3.93. The van der Waals surface area contributed by atoms with Crippen molar-refractivity contribution >= 4 is 5.82 Å². The van der Waals surface area contributed by atoms with Crippen LogP contribution < -0.4 is 5.73 Å². The largest absolute Gasteiger partial charge is 0.384 e. The van der Waals surface area contributed by atoms with E-state index in [-0.39, 0.29) is 0 Å². The summed E-state index contributed by atoms with van der Waals surface area (Å²) >= 11 is 0. The fourth-order valence-electron chi connectivity index (χ4n) is 1.15. The smallest absolute Gasteiger partial charge is 0.160 e. The molecular weight excluding hydrogens is 188 g/mol. The predicted octanol–water partition coefficient (Wildman–Crippen LogP) is 1.73. The van der Waals surface area contributed by atoms with Gasteiger partial charge in [-0.25, -0.2) is 13.5 Å². The zero-order valence-electron chi connectivity index (χ0n) is 7.11. The highest BCUT2D eigenvalue weighted by Crippen LogP contribution is 2.14. The molecular formula is C9H7F2N3. The molecule has 0 atom stereocenters. The van der Waals surface area contributed by atoms with Crippen LogP contribution in [0.4, 0.5) is 14.6 Å². The molecule has 0 radical (unpaired) electrons. The molecule has 0 aliphatic heterocycles. The maximum Gasteiger partial charge on any atom is 0.160 e. The summed E-state index contributed by atoms with van der Waals surface area (Å²) in [6.45, 7) is 0. The number of halogens is 2. The Morgan fingerprint density at radius 2 is 1.93 bits per heavy atom. The first-order valence-corrected chi connectivity index (χ1v) is 3.93. The van der Waals surface area contributed by atoms with Crippen LogP contribution >= 0.6 is 0 Å². The SMILES string of the molecule is Nc1ccnn1-c1ccc(F)c(F)c1. The molecule has 1 aromatic heterocycles. The average Bonchev–Trinajstić information content (AvgIpc) is 2.57. The van der Waals surface area contributed by atoms with Crippen molar-refractivity contribution in [3.63, 3.8) is 0 Å². The van der Waals surface area contributed by atoms with Crippen molar-refractivity contribution in [2.45, 2.75) is 0 Å². The number of benzene rings is 1. The van der Waals surface area contributed by atoms with Gasteiger partial charge >= 0.3 is 0 Å². The third-order valence-electron chi connectivity index (χ3n) is 1.82. The molecule has 0 saturated carbocycles. The normalized spacial score (nSPS) is 10.4. The van der Waals surface area contributed by atoms with Crippen LogP contribution in [0.25, 0.3) is 5.69 Å². The van der Waals surface area contributed by atoms with Crippen LogP contribution in [-0.2, 0) is 0 Å². The maximum absolute atomic E-state index is 12.8. The number of anilines is 1. The lowest BCUT2D eigenvalue weighted by Crippen LogP contribution is -2.02. The Hall–Kier alpha value is -1.91. The van der Waals surface area contributed by atoms with E-state index in [1.54, 1.807) is 6.07 Å². The van der Waals surface area contributed by atoms with E-state index in [2.05, 4.69) is 5.10 Å². The third kappa shape index (κ3) is 1.32. The first-order chi connectivity index (χ1) is 6.68. The second kappa shape index (κ2) is 3.10. The van der Waals surface area contributed by atoms with E-state index >= 15 is 0 Å². The predicted molar refractivity (Wildman–Crippen MR) is 47.9 cm³/mol. The zero-order chi connectivity index (χ0) is 10.1. The number of nitrogens with zero attached hydrogens (tertiary/aromatic N) is 2. The van der Waals surface area contributed by atoms with E-state index < -0.39 is 11.6 Å². The van der Waals surface area contributed by atoms with E-state index in [0.29, 0.717) is 11.5 Å². The van der Waals surface area contributed by atoms with Crippen LogP contribution in [0.3, 0.4) is 0 Å². The Morgan fingerprint density at radius 3 is 2.50 bits per heavy atom. The quantitative estimate of drug-likeness (QED) is 0.753. The number of rotatable bonds is 1. The standard InChI is InChI=1S/C9H7F2N3/c10-7-2-1-6(5-8(7)11)14-9(12)3-4-13-14/h1-5H,12H2. The van der Waals surface area contributed by atoms with Gasteiger partial charge in [-0.05, 0) is 12.1 Å². The molecule has 1 heterocycles. The van der Waals surface area contributed by atoms with Gasteiger partial charge in [0, 0.05) is 12.1 Å². The summed E-state index contributed by atoms with van der Waals surface area (Å²) in [5.74, 6) is -1.44. The van der Waals surface area contributed by atoms with Crippen molar-refractivity contribution in [3.8, 4) is 5.69 Å². The molecule has 14 heavy (non-hydrogen) atoms. The minimum absolute atomic E-state index is 0.371. The highest BCUT2D eigenvalue weighted by Gasteiger charge is 2.05. The summed E-state index contributed by atoms with van der Waals surface area (Å²) in [6.07, 6.45) is 1.48. The molecule has 2 aromatic rings. The van der Waals surface area contributed by atoms with Crippen molar-refractivity contribution < 1.29 is 8.78 Å². The number of aromatic nitrogens is 2. The van der Waals surface area contributed by atoms with Gasteiger partial charge in [-0.15, -0.1) is 0 Å². The molecule has 5 heteroatoms. The average molecular weight is 195 g/mol. The van der Waals surface area contributed by atoms with Gasteiger partial charge in [0.25, 0.3) is 0 Å². The summed E-state index contributed by atoms with van der Waals surface area (Å²) < 4.78 is 26.8. The highest BCUT2D eigenvalue weighted by atomic mass is 19.2. The molecule has 0 spiro atoms. The van der Waals surface area contributed by atoms with E-state index in [4.69, 9.17) is 5.73 Å². The van der Waals surface area contributed by atoms with E-state index in [0.717, 1.165) is 12.1 Å². The van der Waals surface area contributed by atoms with Gasteiger partial charge < -0.3 is 5.73 Å². The molecule has 2 rings (SSSR count). The first kappa shape index (κ1) is 8.68. The molecule has 3 nitrogen and oxygen atoms in total. The van der Waals surface area contributed by atoms with Crippen LogP contribution in [0.5, 0.6) is 0 Å². The molecule has 72 valence electrons. The highest BCUT2D eigenvalue weighted by molar-refractivity contribution is 5.41. The number of hydrogen-bond acceptors (Lipinski definition) is 2. The summed E-state index contributed by atoms with van der Waals surface area (Å²) in [7, 11) is 0. The maximum atomic E-state index is 12.8. The summed E-state index contributed by atoms with van der Waals surface area (Å²) in [5, 5.41) is 3.86. The monoisotopic (exact) mass is 195 g/mol. The topological polar surface area (TPSA) is 43.8 Å². The van der Waals surface area contributed by atoms with Gasteiger partial charge in [-0.1, -0.05) is 0 Å². The molecule has 2 N–H and O–H groups in total. The van der Waals surface area contributed by atoms with Gasteiger partial charge in [0.15, 0.2) is 11.6 Å². The molecule has 0 unspecified atom stereocenters. The van der Waals surface area contributed by atoms with E-state index in [1.807, 2.05) is 0 Å². The second-order valence-corrected chi connectivity index (χ2v) is 2.77. The molecule has 0 amide bonds. The van der Waals surface area contributed by atoms with Gasteiger partial charge in [-0.2, -0.15) is 5.10 Å². The van der Waals surface area contributed by atoms with Crippen molar-refractivity contribution in [2.24, 2.45) is 0 Å². The van der Waals surface area contributed by atoms with Gasteiger partial charge in [0.1, 0.15) is 5.82 Å². The Labute approximate surface area is 78.8 Å². The summed E-state index contributed by atoms with van der Waals surface area (Å²) in [4.78, 5) is 0. The lowest BCUT2D eigenvalue weighted by Gasteiger charge is -2.03. The summed E-state index contributed by atoms with van der Waals surface area (Å²) in [6, 6.07) is 5.05. The van der Waals surface area contributed by atoms with Crippen molar-refractivity contribution in [1.82, 2.24) is 9.78 Å². The van der Waals surface area contributed by atoms with Gasteiger partial charge in [0.2, 0.25) is 0 Å². The van der Waals surface area contributed by atoms with Crippen LogP contribution in [0, 0.1) is 11.6 Å². The zero-order valence-corrected chi connectivity index (χ0v) is 7.11. The molecule has 0 saturated heterocycles. The minimum Gasteiger partial charge on any atom is -0.384 e. The van der Waals surface area contributed by atoms with Crippen molar-refractivity contribution in [3.05, 3.63) is 42.1 Å². The molecule has 0 aliphatic carbocycles. The van der Waals surface area contributed by atoms with Crippen LogP contribution in [0.2, 0.25) is 0 Å². The molecule has 1 aromatic carbocycles. The minimum atomic E-state index is -0.919. The Bertz CT molecular complexity index is 465. The summed E-state index contributed by atoms with van der Waals surface area (Å²) in [5.41, 5.74) is 5.94.